The molecule has 1 N–H and O–H groups in total. The van der Waals surface area contributed by atoms with E-state index in [1.807, 2.05) is 31.2 Å². The Morgan fingerprint density at radius 2 is 2.00 bits per heavy atom. The minimum atomic E-state index is -1.09. The maximum Gasteiger partial charge on any atom is 0.315 e. The maximum atomic E-state index is 12.8. The summed E-state index contributed by atoms with van der Waals surface area (Å²) in [5.74, 6) is -0.288. The van der Waals surface area contributed by atoms with E-state index >= 15 is 0 Å². The van der Waals surface area contributed by atoms with Gasteiger partial charge in [0.2, 0.25) is 0 Å². The minimum absolute atomic E-state index is 0.288. The molecule has 0 amide bonds. The fourth-order valence-corrected chi connectivity index (χ4v) is 4.01. The first-order valence-corrected chi connectivity index (χ1v) is 8.91. The van der Waals surface area contributed by atoms with Crippen LogP contribution in [-0.4, -0.2) is 23.3 Å². The predicted molar refractivity (Wildman–Crippen MR) is 95.1 cm³/mol. The third-order valence-electron chi connectivity index (χ3n) is 4.76. The quantitative estimate of drug-likeness (QED) is 0.586. The molecule has 1 fully saturated rings. The molecular weight excluding hydrogens is 356 g/mol. The van der Waals surface area contributed by atoms with Crippen LogP contribution in [-0.2, 0) is 16.0 Å². The van der Waals surface area contributed by atoms with E-state index in [2.05, 4.69) is 22.5 Å². The molecule has 1 aromatic carbocycles. The van der Waals surface area contributed by atoms with Gasteiger partial charge < -0.3 is 9.84 Å². The first-order valence-electron chi connectivity index (χ1n) is 8.11. The van der Waals surface area contributed by atoms with E-state index < -0.39 is 11.0 Å². The van der Waals surface area contributed by atoms with Crippen molar-refractivity contribution in [3.63, 3.8) is 0 Å². The van der Waals surface area contributed by atoms with Gasteiger partial charge in [0.05, 0.1) is 12.2 Å². The highest BCUT2D eigenvalue weighted by Gasteiger charge is 2.59. The van der Waals surface area contributed by atoms with E-state index in [9.17, 15) is 9.90 Å². The number of halogens is 1. The monoisotopic (exact) mass is 380 g/mol. The van der Waals surface area contributed by atoms with Crippen molar-refractivity contribution in [1.82, 2.24) is 0 Å². The minimum Gasteiger partial charge on any atom is -0.465 e. The molecule has 0 unspecified atom stereocenters. The largest absolute Gasteiger partial charge is 0.465 e. The standard InChI is InChI=1S/C19H25BrO3/c1-4-23-17(21)18(13-15-6-8-16(20)9-7-15)10-5-11-19(18,22)12-14(2)3/h6-9,22H,2,4-5,10-13H2,1,3H3/t18-,19+/m1/s1. The van der Waals surface area contributed by atoms with Gasteiger partial charge in [-0.3, -0.25) is 4.79 Å². The number of benzene rings is 1. The van der Waals surface area contributed by atoms with Crippen LogP contribution in [0.2, 0.25) is 0 Å². The lowest BCUT2D eigenvalue weighted by atomic mass is 9.68. The summed E-state index contributed by atoms with van der Waals surface area (Å²) in [6.07, 6.45) is 2.99. The molecular formula is C19H25BrO3. The van der Waals surface area contributed by atoms with Crippen molar-refractivity contribution >= 4 is 21.9 Å². The number of aliphatic hydroxyl groups is 1. The molecule has 2 atom stereocenters. The lowest BCUT2D eigenvalue weighted by Gasteiger charge is -2.40. The molecule has 0 saturated heterocycles. The molecule has 1 aliphatic rings. The molecule has 0 aromatic heterocycles. The second kappa shape index (κ2) is 7.18. The van der Waals surface area contributed by atoms with Crippen molar-refractivity contribution in [2.75, 3.05) is 6.61 Å². The van der Waals surface area contributed by atoms with E-state index in [0.717, 1.165) is 22.0 Å². The fourth-order valence-electron chi connectivity index (χ4n) is 3.75. The van der Waals surface area contributed by atoms with Gasteiger partial charge in [0, 0.05) is 4.47 Å². The lowest BCUT2D eigenvalue weighted by molar-refractivity contribution is -0.171. The smallest absolute Gasteiger partial charge is 0.315 e. The number of rotatable bonds is 6. The molecule has 126 valence electrons. The van der Waals surface area contributed by atoms with Crippen molar-refractivity contribution in [1.29, 1.82) is 0 Å². The lowest BCUT2D eigenvalue weighted by Crippen LogP contribution is -2.51. The van der Waals surface area contributed by atoms with Crippen LogP contribution in [0.1, 0.15) is 45.1 Å². The van der Waals surface area contributed by atoms with Crippen molar-refractivity contribution in [2.45, 2.75) is 51.6 Å². The Kier molecular flexibility index (Phi) is 5.69. The normalized spacial score (nSPS) is 27.0. The summed E-state index contributed by atoms with van der Waals surface area (Å²) >= 11 is 3.43. The maximum absolute atomic E-state index is 12.8. The van der Waals surface area contributed by atoms with Crippen LogP contribution >= 0.6 is 15.9 Å². The summed E-state index contributed by atoms with van der Waals surface area (Å²) in [7, 11) is 0. The van der Waals surface area contributed by atoms with Crippen LogP contribution in [0.15, 0.2) is 40.9 Å². The van der Waals surface area contributed by atoms with Crippen LogP contribution in [0.25, 0.3) is 0 Å². The number of carbonyl (C=O) groups excluding carboxylic acids is 1. The number of ether oxygens (including phenoxy) is 1. The van der Waals surface area contributed by atoms with Crippen molar-refractivity contribution in [2.24, 2.45) is 5.41 Å². The zero-order valence-electron chi connectivity index (χ0n) is 13.9. The van der Waals surface area contributed by atoms with Crippen LogP contribution in [0.3, 0.4) is 0 Å². The highest BCUT2D eigenvalue weighted by molar-refractivity contribution is 9.10. The zero-order valence-corrected chi connectivity index (χ0v) is 15.5. The molecule has 1 saturated carbocycles. The van der Waals surface area contributed by atoms with Gasteiger partial charge in [-0.05, 0) is 63.6 Å². The zero-order chi connectivity index (χ0) is 17.1. The van der Waals surface area contributed by atoms with Gasteiger partial charge in [0.15, 0.2) is 0 Å². The summed E-state index contributed by atoms with van der Waals surface area (Å²) in [5.41, 5.74) is -0.0595. The molecule has 0 aliphatic heterocycles. The molecule has 0 heterocycles. The van der Waals surface area contributed by atoms with Gasteiger partial charge >= 0.3 is 5.97 Å². The Bertz CT molecular complexity index is 581. The molecule has 1 aromatic rings. The third kappa shape index (κ3) is 3.69. The Labute approximate surface area is 146 Å². The second-order valence-electron chi connectivity index (χ2n) is 6.62. The molecule has 0 spiro atoms. The van der Waals surface area contributed by atoms with Gasteiger partial charge in [-0.2, -0.15) is 0 Å². The molecule has 2 rings (SSSR count). The summed E-state index contributed by atoms with van der Waals surface area (Å²) < 4.78 is 6.36. The number of hydrogen-bond acceptors (Lipinski definition) is 3. The first-order chi connectivity index (χ1) is 10.8. The van der Waals surface area contributed by atoms with E-state index in [1.165, 1.54) is 0 Å². The Morgan fingerprint density at radius 1 is 1.35 bits per heavy atom. The topological polar surface area (TPSA) is 46.5 Å². The summed E-state index contributed by atoms with van der Waals surface area (Å²) in [6, 6.07) is 7.90. The number of hydrogen-bond donors (Lipinski definition) is 1. The predicted octanol–water partition coefficient (Wildman–Crippen LogP) is 4.42. The van der Waals surface area contributed by atoms with Crippen molar-refractivity contribution < 1.29 is 14.6 Å². The Hall–Kier alpha value is -1.13. The Morgan fingerprint density at radius 3 is 2.57 bits per heavy atom. The van der Waals surface area contributed by atoms with Crippen LogP contribution in [0.4, 0.5) is 0 Å². The third-order valence-corrected chi connectivity index (χ3v) is 5.29. The van der Waals surface area contributed by atoms with E-state index in [1.54, 1.807) is 6.92 Å². The van der Waals surface area contributed by atoms with E-state index in [0.29, 0.717) is 32.3 Å². The molecule has 23 heavy (non-hydrogen) atoms. The number of carbonyl (C=O) groups is 1. The summed E-state index contributed by atoms with van der Waals surface area (Å²) in [4.78, 5) is 12.8. The number of esters is 1. The molecule has 1 aliphatic carbocycles. The summed E-state index contributed by atoms with van der Waals surface area (Å²) in [6.45, 7) is 7.96. The first kappa shape index (κ1) is 18.2. The fraction of sp³-hybridized carbons (Fsp3) is 0.526. The molecule has 0 radical (unpaired) electrons. The van der Waals surface area contributed by atoms with E-state index in [-0.39, 0.29) is 5.97 Å². The van der Waals surface area contributed by atoms with Gasteiger partial charge in [0.1, 0.15) is 5.41 Å². The van der Waals surface area contributed by atoms with Crippen molar-refractivity contribution in [3.05, 3.63) is 46.5 Å². The highest BCUT2D eigenvalue weighted by atomic mass is 79.9. The summed E-state index contributed by atoms with van der Waals surface area (Å²) in [5, 5.41) is 11.3. The van der Waals surface area contributed by atoms with Gasteiger partial charge in [-0.25, -0.2) is 0 Å². The van der Waals surface area contributed by atoms with Crippen LogP contribution in [0, 0.1) is 5.41 Å². The van der Waals surface area contributed by atoms with Gasteiger partial charge in [-0.15, -0.1) is 6.58 Å². The average Bonchev–Trinajstić information content (AvgIpc) is 2.78. The molecule has 0 bridgehead atoms. The SMILES string of the molecule is C=C(C)C[C@@]1(O)CCC[C@@]1(Cc1ccc(Br)cc1)C(=O)OCC. The Balaban J connectivity index is 2.41. The van der Waals surface area contributed by atoms with Gasteiger partial charge in [-0.1, -0.05) is 33.6 Å². The average molecular weight is 381 g/mol. The second-order valence-corrected chi connectivity index (χ2v) is 7.54. The molecule has 3 nitrogen and oxygen atoms in total. The molecule has 4 heteroatoms. The highest BCUT2D eigenvalue weighted by Crippen LogP contribution is 2.52. The van der Waals surface area contributed by atoms with Crippen LogP contribution in [0.5, 0.6) is 0 Å². The van der Waals surface area contributed by atoms with E-state index in [4.69, 9.17) is 4.74 Å². The van der Waals surface area contributed by atoms with Crippen LogP contribution < -0.4 is 0 Å². The van der Waals surface area contributed by atoms with Gasteiger partial charge in [0.25, 0.3) is 0 Å². The van der Waals surface area contributed by atoms with Crippen molar-refractivity contribution in [3.8, 4) is 0 Å².